The molecule has 0 unspecified atom stereocenters. The van der Waals surface area contributed by atoms with Crippen LogP contribution in [0.25, 0.3) is 0 Å². The fraction of sp³-hybridized carbons (Fsp3) is 0.387. The first-order chi connectivity index (χ1) is 17.3. The van der Waals surface area contributed by atoms with Crippen molar-refractivity contribution in [1.29, 1.82) is 0 Å². The van der Waals surface area contributed by atoms with Gasteiger partial charge in [-0.3, -0.25) is 4.79 Å². The van der Waals surface area contributed by atoms with Crippen LogP contribution in [0.5, 0.6) is 11.5 Å². The molecule has 0 aromatic heterocycles. The molecule has 0 aliphatic carbocycles. The summed E-state index contributed by atoms with van der Waals surface area (Å²) >= 11 is 6.17. The van der Waals surface area contributed by atoms with Crippen molar-refractivity contribution in [2.24, 2.45) is 0 Å². The zero-order valence-corrected chi connectivity index (χ0v) is 23.0. The highest BCUT2D eigenvalue weighted by Gasteiger charge is 2.31. The Morgan fingerprint density at radius 2 is 1.58 bits per heavy atom. The largest absolute Gasteiger partial charge is 0.457 e. The van der Waals surface area contributed by atoms with Crippen LogP contribution in [0.3, 0.4) is 0 Å². The predicted molar refractivity (Wildman–Crippen MR) is 153 cm³/mol. The van der Waals surface area contributed by atoms with E-state index in [1.165, 1.54) is 38.8 Å². The van der Waals surface area contributed by atoms with Gasteiger partial charge in [-0.05, 0) is 75.2 Å². The number of likely N-dealkylation sites (tertiary alicyclic amines) is 1. The Labute approximate surface area is 222 Å². The van der Waals surface area contributed by atoms with Crippen molar-refractivity contribution in [2.45, 2.75) is 59.9 Å². The van der Waals surface area contributed by atoms with E-state index in [2.05, 4.69) is 25.7 Å². The van der Waals surface area contributed by atoms with Crippen LogP contribution in [0, 0.1) is 0 Å². The molecule has 1 N–H and O–H groups in total. The number of ether oxygens (including phenoxy) is 1. The van der Waals surface area contributed by atoms with E-state index in [1.54, 1.807) is 11.8 Å². The molecular formula is C31H41ClN2O2. The number of nitrogens with zero attached hydrogens (tertiary/aromatic N) is 1. The van der Waals surface area contributed by atoms with E-state index in [-0.39, 0.29) is 5.91 Å². The number of rotatable bonds is 11. The van der Waals surface area contributed by atoms with Gasteiger partial charge < -0.3 is 15.0 Å². The quantitative estimate of drug-likeness (QED) is 0.247. The van der Waals surface area contributed by atoms with Gasteiger partial charge in [0.05, 0.1) is 5.57 Å². The van der Waals surface area contributed by atoms with E-state index in [0.29, 0.717) is 23.7 Å². The molecule has 0 bridgehead atoms. The minimum Gasteiger partial charge on any atom is -0.457 e. The van der Waals surface area contributed by atoms with Crippen molar-refractivity contribution in [1.82, 2.24) is 10.2 Å². The third kappa shape index (κ3) is 10.0. The summed E-state index contributed by atoms with van der Waals surface area (Å²) in [5, 5.41) is 3.90. The number of unbranched alkanes of at least 4 members (excludes halogenated alkanes) is 2. The minimum absolute atomic E-state index is 0.0420. The smallest absolute Gasteiger partial charge is 0.255 e. The van der Waals surface area contributed by atoms with Gasteiger partial charge in [0.1, 0.15) is 11.5 Å². The van der Waals surface area contributed by atoms with Crippen molar-refractivity contribution in [3.63, 3.8) is 0 Å². The molecule has 1 aliphatic heterocycles. The number of hydrogen-bond acceptors (Lipinski definition) is 3. The van der Waals surface area contributed by atoms with E-state index in [4.69, 9.17) is 16.3 Å². The van der Waals surface area contributed by atoms with Crippen LogP contribution in [0.4, 0.5) is 0 Å². The van der Waals surface area contributed by atoms with Crippen LogP contribution in [0.1, 0.15) is 58.9 Å². The third-order valence-electron chi connectivity index (χ3n) is 5.64. The molecule has 2 aromatic carbocycles. The summed E-state index contributed by atoms with van der Waals surface area (Å²) in [5.41, 5.74) is 3.44. The van der Waals surface area contributed by atoms with E-state index < -0.39 is 0 Å². The summed E-state index contributed by atoms with van der Waals surface area (Å²) in [6.07, 6.45) is 7.18. The summed E-state index contributed by atoms with van der Waals surface area (Å²) in [7, 11) is 0. The fourth-order valence-electron chi connectivity index (χ4n) is 3.80. The summed E-state index contributed by atoms with van der Waals surface area (Å²) < 4.78 is 5.81. The first kappa shape index (κ1) is 29.4. The maximum Gasteiger partial charge on any atom is 0.255 e. The highest BCUT2D eigenvalue weighted by atomic mass is 35.5. The molecule has 5 heteroatoms. The normalized spacial score (nSPS) is 15.5. The number of carbonyl (C=O) groups is 1. The molecule has 36 heavy (non-hydrogen) atoms. The molecule has 3 rings (SSSR count). The number of halogens is 1. The lowest BCUT2D eigenvalue weighted by molar-refractivity contribution is -0.125. The zero-order chi connectivity index (χ0) is 26.3. The lowest BCUT2D eigenvalue weighted by Gasteiger charge is -2.15. The average molecular weight is 509 g/mol. The number of allylic oxidation sites excluding steroid dienone is 3. The number of benzene rings is 2. The van der Waals surface area contributed by atoms with Crippen LogP contribution in [-0.2, 0) is 11.3 Å². The molecular weight excluding hydrogens is 468 g/mol. The first-order valence-electron chi connectivity index (χ1n) is 12.9. The van der Waals surface area contributed by atoms with Gasteiger partial charge in [0.2, 0.25) is 0 Å². The van der Waals surface area contributed by atoms with Gasteiger partial charge in [0.15, 0.2) is 0 Å². The first-order valence-corrected chi connectivity index (χ1v) is 13.3. The van der Waals surface area contributed by atoms with Gasteiger partial charge in [-0.25, -0.2) is 0 Å². The van der Waals surface area contributed by atoms with Crippen molar-refractivity contribution < 1.29 is 9.53 Å². The second-order valence-electron chi connectivity index (χ2n) is 9.10. The molecule has 1 amide bonds. The molecule has 1 heterocycles. The SMILES string of the molecule is C=C(C)/C=C1/CN(Cc2ccc(Oc3ccccc3)cc2)C(=O)/C1=C(/C)Cl.CCCCNCCCC. The Kier molecular flexibility index (Phi) is 13.1. The minimum atomic E-state index is -0.0420. The summed E-state index contributed by atoms with van der Waals surface area (Å²) in [6, 6.07) is 17.4. The Morgan fingerprint density at radius 3 is 2.11 bits per heavy atom. The summed E-state index contributed by atoms with van der Waals surface area (Å²) in [4.78, 5) is 14.5. The van der Waals surface area contributed by atoms with Gasteiger partial charge in [0.25, 0.3) is 5.91 Å². The summed E-state index contributed by atoms with van der Waals surface area (Å²) in [5.74, 6) is 1.51. The molecule has 0 atom stereocenters. The standard InChI is InChI=1S/C23H22ClNO2.C8H19N/c1-16(2)13-19-15-25(23(26)22(19)17(3)24)14-18-9-11-21(12-10-18)27-20-7-5-4-6-8-20;1-3-5-7-9-8-6-4-2/h4-13H,1,14-15H2,2-3H3;9H,3-8H2,1-2H3/b19-13-,22-17-;. The molecule has 0 spiro atoms. The molecule has 1 fully saturated rings. The molecule has 2 aromatic rings. The Hall–Kier alpha value is -2.82. The van der Waals surface area contributed by atoms with Crippen LogP contribution < -0.4 is 10.1 Å². The van der Waals surface area contributed by atoms with Crippen LogP contribution in [0.15, 0.2) is 89.0 Å². The fourth-order valence-corrected chi connectivity index (χ4v) is 4.00. The van der Waals surface area contributed by atoms with Crippen LogP contribution in [0.2, 0.25) is 0 Å². The Morgan fingerprint density at radius 1 is 1.00 bits per heavy atom. The van der Waals surface area contributed by atoms with Crippen molar-refractivity contribution >= 4 is 17.5 Å². The Bertz CT molecular complexity index is 1020. The topological polar surface area (TPSA) is 41.6 Å². The number of para-hydroxylation sites is 1. The molecule has 4 nitrogen and oxygen atoms in total. The van der Waals surface area contributed by atoms with Crippen LogP contribution >= 0.6 is 11.6 Å². The highest BCUT2D eigenvalue weighted by Crippen LogP contribution is 2.30. The van der Waals surface area contributed by atoms with Gasteiger partial charge in [-0.1, -0.05) is 86.8 Å². The molecule has 0 saturated carbocycles. The highest BCUT2D eigenvalue weighted by molar-refractivity contribution is 6.32. The second-order valence-corrected chi connectivity index (χ2v) is 9.67. The maximum absolute atomic E-state index is 12.7. The lowest BCUT2D eigenvalue weighted by Crippen LogP contribution is -2.24. The molecule has 1 saturated heterocycles. The van der Waals surface area contributed by atoms with E-state index in [9.17, 15) is 4.79 Å². The van der Waals surface area contributed by atoms with Crippen molar-refractivity contribution in [3.8, 4) is 11.5 Å². The lowest BCUT2D eigenvalue weighted by atomic mass is 10.1. The number of nitrogens with one attached hydrogen (secondary N) is 1. The third-order valence-corrected chi connectivity index (χ3v) is 5.83. The van der Waals surface area contributed by atoms with E-state index in [0.717, 1.165) is 28.2 Å². The number of hydrogen-bond donors (Lipinski definition) is 1. The second kappa shape index (κ2) is 16.0. The molecule has 0 radical (unpaired) electrons. The van der Waals surface area contributed by atoms with Crippen molar-refractivity contribution in [2.75, 3.05) is 19.6 Å². The van der Waals surface area contributed by atoms with Crippen LogP contribution in [-0.4, -0.2) is 30.4 Å². The number of amides is 1. The van der Waals surface area contributed by atoms with Gasteiger partial charge in [0, 0.05) is 18.1 Å². The average Bonchev–Trinajstić information content (AvgIpc) is 3.15. The molecule has 1 aliphatic rings. The van der Waals surface area contributed by atoms with E-state index in [1.807, 2.05) is 67.6 Å². The molecule has 194 valence electrons. The summed E-state index contributed by atoms with van der Waals surface area (Å²) in [6.45, 7) is 15.5. The van der Waals surface area contributed by atoms with Gasteiger partial charge >= 0.3 is 0 Å². The predicted octanol–water partition coefficient (Wildman–Crippen LogP) is 8.01. The zero-order valence-electron chi connectivity index (χ0n) is 22.3. The van der Waals surface area contributed by atoms with E-state index >= 15 is 0 Å². The monoisotopic (exact) mass is 508 g/mol. The number of carbonyl (C=O) groups excluding carboxylic acids is 1. The maximum atomic E-state index is 12.7. The Balaban J connectivity index is 0.000000434. The van der Waals surface area contributed by atoms with Crippen molar-refractivity contribution in [3.05, 3.63) is 94.6 Å². The van der Waals surface area contributed by atoms with Gasteiger partial charge in [-0.15, -0.1) is 0 Å². The van der Waals surface area contributed by atoms with Gasteiger partial charge in [-0.2, -0.15) is 0 Å².